The molecule has 1 atom stereocenters. The highest BCUT2D eigenvalue weighted by Gasteiger charge is 2.42. The number of hydrogen-bond donors (Lipinski definition) is 1. The van der Waals surface area contributed by atoms with Crippen LogP contribution in [-0.2, 0) is 24.8 Å². The van der Waals surface area contributed by atoms with Crippen molar-refractivity contribution in [2.45, 2.75) is 18.7 Å². The van der Waals surface area contributed by atoms with E-state index < -0.39 is 31.9 Å². The van der Waals surface area contributed by atoms with E-state index in [1.165, 1.54) is 45.4 Å². The summed E-state index contributed by atoms with van der Waals surface area (Å²) in [7, 11) is -5.33. The standard InChI is InChI=1S/C20H24N2O8S2/c1-5-30-17-9-6-14(22-20(23)13(2)12-31(22,24)25)10-19(17)32(26,27)21-16-8-7-15(28-3)11-18(16)29-4/h6-11,13,21H,5,12H2,1-4H3. The van der Waals surface area contributed by atoms with Gasteiger partial charge in [-0.3, -0.25) is 9.52 Å². The molecule has 32 heavy (non-hydrogen) atoms. The van der Waals surface area contributed by atoms with Gasteiger partial charge >= 0.3 is 0 Å². The zero-order valence-electron chi connectivity index (χ0n) is 18.0. The van der Waals surface area contributed by atoms with Gasteiger partial charge < -0.3 is 14.2 Å². The third kappa shape index (κ3) is 4.46. The molecule has 1 aliphatic heterocycles. The number of carbonyl (C=O) groups is 1. The van der Waals surface area contributed by atoms with Crippen LogP contribution < -0.4 is 23.2 Å². The van der Waals surface area contributed by atoms with Crippen LogP contribution >= 0.6 is 0 Å². The summed E-state index contributed by atoms with van der Waals surface area (Å²) in [5.41, 5.74) is 0.0597. The maximum atomic E-state index is 13.3. The number of sulfonamides is 2. The average molecular weight is 485 g/mol. The average Bonchev–Trinajstić information content (AvgIpc) is 2.95. The van der Waals surface area contributed by atoms with Gasteiger partial charge in [-0.2, -0.15) is 0 Å². The molecule has 10 nitrogen and oxygen atoms in total. The number of methoxy groups -OCH3 is 2. The molecule has 1 saturated heterocycles. The number of rotatable bonds is 8. The molecule has 1 unspecified atom stereocenters. The Kier molecular flexibility index (Phi) is 6.56. The van der Waals surface area contributed by atoms with Gasteiger partial charge in [0.05, 0.1) is 43.9 Å². The molecule has 1 fully saturated rings. The minimum Gasteiger partial charge on any atom is -0.497 e. The fourth-order valence-electron chi connectivity index (χ4n) is 3.28. The Bertz CT molecular complexity index is 1240. The van der Waals surface area contributed by atoms with Crippen LogP contribution in [0.1, 0.15) is 13.8 Å². The second kappa shape index (κ2) is 8.87. The van der Waals surface area contributed by atoms with E-state index in [1.807, 2.05) is 0 Å². The second-order valence-electron chi connectivity index (χ2n) is 7.02. The largest absolute Gasteiger partial charge is 0.497 e. The number of hydrogen-bond acceptors (Lipinski definition) is 8. The van der Waals surface area contributed by atoms with Crippen LogP contribution in [0, 0.1) is 5.92 Å². The van der Waals surface area contributed by atoms with Crippen molar-refractivity contribution < 1.29 is 35.8 Å². The summed E-state index contributed by atoms with van der Waals surface area (Å²) in [5.74, 6) is -1.01. The molecule has 1 amide bonds. The first kappa shape index (κ1) is 23.7. The Balaban J connectivity index is 2.09. The van der Waals surface area contributed by atoms with Crippen LogP contribution in [0.5, 0.6) is 17.2 Å². The van der Waals surface area contributed by atoms with E-state index in [4.69, 9.17) is 14.2 Å². The highest BCUT2D eigenvalue weighted by molar-refractivity contribution is 7.94. The molecule has 2 aromatic rings. The zero-order valence-corrected chi connectivity index (χ0v) is 19.6. The topological polar surface area (TPSA) is 128 Å². The molecular formula is C20H24N2O8S2. The zero-order chi connectivity index (χ0) is 23.7. The highest BCUT2D eigenvalue weighted by atomic mass is 32.2. The van der Waals surface area contributed by atoms with Gasteiger partial charge in [0.25, 0.3) is 10.0 Å². The summed E-state index contributed by atoms with van der Waals surface area (Å²) in [6.07, 6.45) is 0. The molecule has 0 bridgehead atoms. The molecule has 12 heteroatoms. The quantitative estimate of drug-likeness (QED) is 0.604. The van der Waals surface area contributed by atoms with E-state index >= 15 is 0 Å². The number of nitrogens with zero attached hydrogens (tertiary/aromatic N) is 1. The predicted molar refractivity (Wildman–Crippen MR) is 118 cm³/mol. The van der Waals surface area contributed by atoms with Crippen molar-refractivity contribution in [2.75, 3.05) is 35.6 Å². The first-order chi connectivity index (χ1) is 15.0. The molecule has 0 aliphatic carbocycles. The monoisotopic (exact) mass is 484 g/mol. The smallest absolute Gasteiger partial charge is 0.265 e. The lowest BCUT2D eigenvalue weighted by molar-refractivity contribution is -0.119. The van der Waals surface area contributed by atoms with Crippen LogP contribution in [-0.4, -0.2) is 49.3 Å². The van der Waals surface area contributed by atoms with Gasteiger partial charge in [-0.05, 0) is 37.3 Å². The minimum atomic E-state index is -4.27. The molecule has 1 N–H and O–H groups in total. The van der Waals surface area contributed by atoms with Crippen LogP contribution in [0.15, 0.2) is 41.3 Å². The molecule has 0 radical (unpaired) electrons. The molecule has 174 valence electrons. The first-order valence-electron chi connectivity index (χ1n) is 9.62. The van der Waals surface area contributed by atoms with E-state index in [0.717, 1.165) is 6.07 Å². The van der Waals surface area contributed by atoms with Crippen LogP contribution in [0.3, 0.4) is 0 Å². The molecule has 1 aliphatic rings. The van der Waals surface area contributed by atoms with Crippen molar-refractivity contribution in [3.05, 3.63) is 36.4 Å². The summed E-state index contributed by atoms with van der Waals surface area (Å²) in [6.45, 7) is 3.36. The Morgan fingerprint density at radius 3 is 2.38 bits per heavy atom. The molecule has 0 spiro atoms. The van der Waals surface area contributed by atoms with Crippen LogP contribution in [0.25, 0.3) is 0 Å². The van der Waals surface area contributed by atoms with Crippen molar-refractivity contribution in [2.24, 2.45) is 5.92 Å². The van der Waals surface area contributed by atoms with Gasteiger partial charge in [0.1, 0.15) is 22.1 Å². The van der Waals surface area contributed by atoms with Crippen molar-refractivity contribution >= 4 is 37.3 Å². The third-order valence-electron chi connectivity index (χ3n) is 4.76. The fourth-order valence-corrected chi connectivity index (χ4v) is 6.33. The third-order valence-corrected chi connectivity index (χ3v) is 8.02. The Morgan fingerprint density at radius 2 is 1.81 bits per heavy atom. The molecule has 3 rings (SSSR count). The van der Waals surface area contributed by atoms with E-state index in [-0.39, 0.29) is 40.1 Å². The lowest BCUT2D eigenvalue weighted by atomic mass is 10.2. The summed E-state index contributed by atoms with van der Waals surface area (Å²) < 4.78 is 70.3. The molecule has 1 heterocycles. The Hall–Kier alpha value is -2.99. The van der Waals surface area contributed by atoms with Crippen molar-refractivity contribution in [1.82, 2.24) is 0 Å². The second-order valence-corrected chi connectivity index (χ2v) is 10.5. The first-order valence-corrected chi connectivity index (χ1v) is 12.7. The number of ether oxygens (including phenoxy) is 3. The number of carbonyl (C=O) groups excluding carboxylic acids is 1. The van der Waals surface area contributed by atoms with E-state index in [2.05, 4.69) is 4.72 Å². The predicted octanol–water partition coefficient (Wildman–Crippen LogP) is 2.22. The Morgan fingerprint density at radius 1 is 1.09 bits per heavy atom. The molecular weight excluding hydrogens is 460 g/mol. The molecule has 0 aromatic heterocycles. The maximum absolute atomic E-state index is 13.3. The minimum absolute atomic E-state index is 0.00770. The van der Waals surface area contributed by atoms with Gasteiger partial charge in [0.15, 0.2) is 0 Å². The number of anilines is 2. The number of amides is 1. The van der Waals surface area contributed by atoms with Gasteiger partial charge in [0.2, 0.25) is 15.9 Å². The van der Waals surface area contributed by atoms with E-state index in [0.29, 0.717) is 10.1 Å². The van der Waals surface area contributed by atoms with Gasteiger partial charge in [-0.1, -0.05) is 6.92 Å². The highest BCUT2D eigenvalue weighted by Crippen LogP contribution is 2.36. The van der Waals surface area contributed by atoms with Gasteiger partial charge in [-0.15, -0.1) is 0 Å². The summed E-state index contributed by atoms with van der Waals surface area (Å²) in [4.78, 5) is 12.1. The van der Waals surface area contributed by atoms with E-state index in [9.17, 15) is 21.6 Å². The fraction of sp³-hybridized carbons (Fsp3) is 0.350. The maximum Gasteiger partial charge on any atom is 0.265 e. The van der Waals surface area contributed by atoms with Crippen LogP contribution in [0.2, 0.25) is 0 Å². The summed E-state index contributed by atoms with van der Waals surface area (Å²) in [6, 6.07) is 8.30. The summed E-state index contributed by atoms with van der Waals surface area (Å²) in [5, 5.41) is 0. The van der Waals surface area contributed by atoms with Gasteiger partial charge in [-0.25, -0.2) is 21.1 Å². The number of nitrogens with one attached hydrogen (secondary N) is 1. The molecule has 0 saturated carbocycles. The van der Waals surface area contributed by atoms with Crippen molar-refractivity contribution in [3.63, 3.8) is 0 Å². The van der Waals surface area contributed by atoms with E-state index in [1.54, 1.807) is 13.0 Å². The summed E-state index contributed by atoms with van der Waals surface area (Å²) >= 11 is 0. The lowest BCUT2D eigenvalue weighted by Gasteiger charge is -2.19. The normalized spacial score (nSPS) is 17.8. The Labute approximate surface area is 187 Å². The van der Waals surface area contributed by atoms with Gasteiger partial charge in [0, 0.05) is 6.07 Å². The lowest BCUT2D eigenvalue weighted by Crippen LogP contribution is -2.30. The SMILES string of the molecule is CCOc1ccc(N2C(=O)C(C)CS2(=O)=O)cc1S(=O)(=O)Nc1ccc(OC)cc1OC. The van der Waals surface area contributed by atoms with Crippen molar-refractivity contribution in [3.8, 4) is 17.2 Å². The number of benzene rings is 2. The molecule has 2 aromatic carbocycles. The van der Waals surface area contributed by atoms with Crippen LogP contribution in [0.4, 0.5) is 11.4 Å². The van der Waals surface area contributed by atoms with Crippen molar-refractivity contribution in [1.29, 1.82) is 0 Å².